The normalized spacial score (nSPS) is 21.0. The van der Waals surface area contributed by atoms with Gasteiger partial charge in [0.2, 0.25) is 0 Å². The first-order chi connectivity index (χ1) is 10.6. The number of hydrogen-bond donors (Lipinski definition) is 2. The van der Waals surface area contributed by atoms with E-state index in [9.17, 15) is 4.79 Å². The predicted molar refractivity (Wildman–Crippen MR) is 84.3 cm³/mol. The molecule has 1 aromatic carbocycles. The van der Waals surface area contributed by atoms with Crippen LogP contribution < -0.4 is 10.1 Å². The highest BCUT2D eigenvalue weighted by Crippen LogP contribution is 2.34. The second kappa shape index (κ2) is 6.64. The van der Waals surface area contributed by atoms with E-state index >= 15 is 0 Å². The summed E-state index contributed by atoms with van der Waals surface area (Å²) in [5.41, 5.74) is 0. The molecule has 22 heavy (non-hydrogen) atoms. The molecule has 2 aromatic rings. The average molecular weight is 340 g/mol. The summed E-state index contributed by atoms with van der Waals surface area (Å²) in [4.78, 5) is 10.9. The molecular weight excluding hydrogens is 326 g/mol. The highest BCUT2D eigenvalue weighted by molar-refractivity contribution is 7.99. The van der Waals surface area contributed by atoms with E-state index in [-0.39, 0.29) is 5.37 Å². The SMILES string of the molecule is O=C(O)[C@@H]1CS[C@@H](c2ccc(COc3ccc(Cl)cc3)o2)N1. The molecule has 1 saturated heterocycles. The molecule has 0 amide bonds. The number of thioether (sulfide) groups is 1. The van der Waals surface area contributed by atoms with E-state index in [0.29, 0.717) is 34.7 Å². The molecule has 0 bridgehead atoms. The summed E-state index contributed by atoms with van der Waals surface area (Å²) in [5, 5.41) is 12.5. The highest BCUT2D eigenvalue weighted by Gasteiger charge is 2.32. The number of rotatable bonds is 5. The fourth-order valence-corrected chi connectivity index (χ4v) is 3.38. The Balaban J connectivity index is 1.57. The van der Waals surface area contributed by atoms with Crippen molar-refractivity contribution in [3.63, 3.8) is 0 Å². The summed E-state index contributed by atoms with van der Waals surface area (Å²) >= 11 is 7.33. The zero-order valence-electron chi connectivity index (χ0n) is 11.5. The van der Waals surface area contributed by atoms with Crippen LogP contribution in [0.5, 0.6) is 5.75 Å². The first-order valence-electron chi connectivity index (χ1n) is 6.69. The van der Waals surface area contributed by atoms with Gasteiger partial charge in [-0.2, -0.15) is 0 Å². The van der Waals surface area contributed by atoms with Gasteiger partial charge < -0.3 is 14.3 Å². The van der Waals surface area contributed by atoms with Gasteiger partial charge in [0, 0.05) is 10.8 Å². The molecule has 0 unspecified atom stereocenters. The summed E-state index contributed by atoms with van der Waals surface area (Å²) in [5.74, 6) is 1.79. The minimum atomic E-state index is -0.840. The van der Waals surface area contributed by atoms with Crippen molar-refractivity contribution < 1.29 is 19.1 Å². The van der Waals surface area contributed by atoms with Crippen molar-refractivity contribution in [2.45, 2.75) is 18.0 Å². The maximum Gasteiger partial charge on any atom is 0.321 e. The summed E-state index contributed by atoms with van der Waals surface area (Å²) in [6.45, 7) is 0.307. The van der Waals surface area contributed by atoms with Crippen molar-refractivity contribution in [3.8, 4) is 5.75 Å². The third kappa shape index (κ3) is 3.58. The largest absolute Gasteiger partial charge is 0.486 e. The summed E-state index contributed by atoms with van der Waals surface area (Å²) < 4.78 is 11.3. The Morgan fingerprint density at radius 3 is 2.82 bits per heavy atom. The van der Waals surface area contributed by atoms with Crippen LogP contribution in [0.2, 0.25) is 5.02 Å². The van der Waals surface area contributed by atoms with Gasteiger partial charge >= 0.3 is 5.97 Å². The number of furan rings is 1. The molecule has 1 fully saturated rings. The number of carbonyl (C=O) groups is 1. The Bertz CT molecular complexity index is 658. The van der Waals surface area contributed by atoms with Crippen LogP contribution in [0.1, 0.15) is 16.9 Å². The molecule has 1 aromatic heterocycles. The van der Waals surface area contributed by atoms with E-state index in [4.69, 9.17) is 25.9 Å². The van der Waals surface area contributed by atoms with Crippen LogP contribution in [0.4, 0.5) is 0 Å². The molecule has 2 N–H and O–H groups in total. The standard InChI is InChI=1S/C15H14ClNO4S/c16-9-1-3-10(4-2-9)20-7-11-5-6-13(21-11)14-17-12(8-22-14)15(18)19/h1-6,12,14,17H,7-8H2,(H,18,19)/t12-,14-/m0/s1. The Labute approximate surface area is 136 Å². The van der Waals surface area contributed by atoms with Gasteiger partial charge in [0.25, 0.3) is 0 Å². The number of ether oxygens (including phenoxy) is 1. The molecule has 0 radical (unpaired) electrons. The molecule has 0 saturated carbocycles. The molecule has 5 nitrogen and oxygen atoms in total. The third-order valence-corrected chi connectivity index (χ3v) is 4.70. The second-order valence-corrected chi connectivity index (χ2v) is 6.39. The van der Waals surface area contributed by atoms with Crippen molar-refractivity contribution in [2.75, 3.05) is 5.75 Å². The van der Waals surface area contributed by atoms with E-state index in [2.05, 4.69) is 5.32 Å². The lowest BCUT2D eigenvalue weighted by molar-refractivity contribution is -0.138. The first-order valence-corrected chi connectivity index (χ1v) is 8.12. The molecular formula is C15H14ClNO4S. The topological polar surface area (TPSA) is 71.7 Å². The van der Waals surface area contributed by atoms with E-state index in [1.165, 1.54) is 11.8 Å². The number of carboxylic acid groups (broad SMARTS) is 1. The maximum atomic E-state index is 10.9. The van der Waals surface area contributed by atoms with Crippen molar-refractivity contribution in [1.82, 2.24) is 5.32 Å². The molecule has 2 heterocycles. The lowest BCUT2D eigenvalue weighted by atomic mass is 10.3. The lowest BCUT2D eigenvalue weighted by Gasteiger charge is -2.08. The van der Waals surface area contributed by atoms with Crippen LogP contribution in [0.3, 0.4) is 0 Å². The highest BCUT2D eigenvalue weighted by atomic mass is 35.5. The second-order valence-electron chi connectivity index (χ2n) is 4.82. The fraction of sp³-hybridized carbons (Fsp3) is 0.267. The van der Waals surface area contributed by atoms with Gasteiger partial charge in [-0.1, -0.05) is 11.6 Å². The summed E-state index contributed by atoms with van der Waals surface area (Å²) in [7, 11) is 0. The molecule has 7 heteroatoms. The molecule has 2 atom stereocenters. The van der Waals surface area contributed by atoms with Crippen LogP contribution in [-0.4, -0.2) is 22.9 Å². The van der Waals surface area contributed by atoms with Crippen LogP contribution in [0, 0.1) is 0 Å². The minimum Gasteiger partial charge on any atom is -0.486 e. The Morgan fingerprint density at radius 2 is 2.14 bits per heavy atom. The van der Waals surface area contributed by atoms with Gasteiger partial charge in [0.15, 0.2) is 0 Å². The summed E-state index contributed by atoms with van der Waals surface area (Å²) in [6.07, 6.45) is 0. The quantitative estimate of drug-likeness (QED) is 0.871. The van der Waals surface area contributed by atoms with E-state index in [1.807, 2.05) is 12.1 Å². The Hall–Kier alpha value is -1.63. The number of benzene rings is 1. The van der Waals surface area contributed by atoms with Crippen molar-refractivity contribution >= 4 is 29.3 Å². The van der Waals surface area contributed by atoms with Crippen LogP contribution in [-0.2, 0) is 11.4 Å². The number of nitrogens with one attached hydrogen (secondary N) is 1. The first kappa shape index (κ1) is 15.3. The fourth-order valence-electron chi connectivity index (χ4n) is 2.08. The maximum absolute atomic E-state index is 10.9. The van der Waals surface area contributed by atoms with Crippen molar-refractivity contribution in [3.05, 3.63) is 52.9 Å². The smallest absolute Gasteiger partial charge is 0.321 e. The van der Waals surface area contributed by atoms with E-state index in [0.717, 1.165) is 0 Å². The zero-order chi connectivity index (χ0) is 15.5. The van der Waals surface area contributed by atoms with Crippen molar-refractivity contribution in [1.29, 1.82) is 0 Å². The Morgan fingerprint density at radius 1 is 1.36 bits per heavy atom. The average Bonchev–Trinajstić information content (AvgIpc) is 3.15. The van der Waals surface area contributed by atoms with Crippen LogP contribution >= 0.6 is 23.4 Å². The number of halogens is 1. The number of hydrogen-bond acceptors (Lipinski definition) is 5. The minimum absolute atomic E-state index is 0.134. The number of carboxylic acids is 1. The van der Waals surface area contributed by atoms with Crippen LogP contribution in [0.15, 0.2) is 40.8 Å². The molecule has 3 rings (SSSR count). The zero-order valence-corrected chi connectivity index (χ0v) is 13.1. The van der Waals surface area contributed by atoms with Gasteiger partial charge in [-0.05, 0) is 36.4 Å². The van der Waals surface area contributed by atoms with E-state index in [1.54, 1.807) is 24.3 Å². The molecule has 0 spiro atoms. The molecule has 1 aliphatic rings. The monoisotopic (exact) mass is 339 g/mol. The summed E-state index contributed by atoms with van der Waals surface area (Å²) in [6, 6.07) is 10.2. The molecule has 0 aliphatic carbocycles. The predicted octanol–water partition coefficient (Wildman–Crippen LogP) is 3.30. The van der Waals surface area contributed by atoms with Gasteiger partial charge in [0.05, 0.1) is 0 Å². The van der Waals surface area contributed by atoms with Gasteiger partial charge in [-0.15, -0.1) is 11.8 Å². The molecule has 116 valence electrons. The van der Waals surface area contributed by atoms with Crippen LogP contribution in [0.25, 0.3) is 0 Å². The van der Waals surface area contributed by atoms with Gasteiger partial charge in [0.1, 0.15) is 35.3 Å². The van der Waals surface area contributed by atoms with Gasteiger partial charge in [-0.25, -0.2) is 0 Å². The lowest BCUT2D eigenvalue weighted by Crippen LogP contribution is -2.33. The number of aliphatic carboxylic acids is 1. The van der Waals surface area contributed by atoms with Gasteiger partial charge in [-0.3, -0.25) is 10.1 Å². The van der Waals surface area contributed by atoms with Crippen molar-refractivity contribution in [2.24, 2.45) is 0 Å². The molecule has 1 aliphatic heterocycles. The Kier molecular flexibility index (Phi) is 4.61. The third-order valence-electron chi connectivity index (χ3n) is 3.22. The van der Waals surface area contributed by atoms with E-state index < -0.39 is 12.0 Å².